The van der Waals surface area contributed by atoms with Crippen LogP contribution in [0, 0.1) is 10.8 Å². The predicted molar refractivity (Wildman–Crippen MR) is 138 cm³/mol. The lowest BCUT2D eigenvalue weighted by atomic mass is 9.51. The fourth-order valence-electron chi connectivity index (χ4n) is 7.22. The molecule has 0 radical (unpaired) electrons. The Labute approximate surface area is 220 Å². The minimum absolute atomic E-state index is 0.0471. The average molecular weight is 531 g/mol. The number of likely N-dealkylation sites (N-methyl/N-ethyl adjacent to an activating group) is 1. The highest BCUT2D eigenvalue weighted by Crippen LogP contribution is 2.62. The first-order valence-electron chi connectivity index (χ1n) is 13.7. The molecule has 0 bridgehead atoms. The molecule has 3 heterocycles. The van der Waals surface area contributed by atoms with Crippen LogP contribution in [0.3, 0.4) is 0 Å². The number of aromatic nitrogens is 2. The number of nitrogens with one attached hydrogen (secondary N) is 1. The summed E-state index contributed by atoms with van der Waals surface area (Å²) in [5.41, 5.74) is 2.98. The summed E-state index contributed by atoms with van der Waals surface area (Å²) in [6, 6.07) is -0.663. The molecule has 2 aliphatic heterocycles. The highest BCUT2D eigenvalue weighted by atomic mass is 16.5. The maximum atomic E-state index is 13.3. The summed E-state index contributed by atoms with van der Waals surface area (Å²) < 4.78 is 8.06. The van der Waals surface area contributed by atoms with E-state index in [4.69, 9.17) is 15.9 Å². The van der Waals surface area contributed by atoms with Crippen molar-refractivity contribution < 1.29 is 19.4 Å². The number of amidine groups is 1. The molecule has 0 aromatic carbocycles. The lowest BCUT2D eigenvalue weighted by molar-refractivity contribution is -0.150. The first-order chi connectivity index (χ1) is 18.0. The Balaban J connectivity index is 1.36. The van der Waals surface area contributed by atoms with Crippen molar-refractivity contribution in [2.75, 3.05) is 20.2 Å². The van der Waals surface area contributed by atoms with Crippen molar-refractivity contribution in [2.45, 2.75) is 95.4 Å². The summed E-state index contributed by atoms with van der Waals surface area (Å²) in [5, 5.41) is 18.4. The molecule has 3 amide bonds. The molecule has 208 valence electrons. The second kappa shape index (κ2) is 9.55. The van der Waals surface area contributed by atoms with Gasteiger partial charge in [-0.1, -0.05) is 13.3 Å². The van der Waals surface area contributed by atoms with E-state index in [1.165, 1.54) is 11.9 Å². The molecule has 2 saturated heterocycles. The third-order valence-corrected chi connectivity index (χ3v) is 9.22. The van der Waals surface area contributed by atoms with Gasteiger partial charge in [0.05, 0.1) is 6.10 Å². The standard InChI is InChI=1S/C26H38N6O6/c1-3-4-11-30-20(33)18(19(27)28)21(34)32(24(30)37)16-7-9-25(10-8-16)14-26(15-25)22(35)29(2)23(36)31(26)13-17-6-5-12-38-17/h16-17,33H,3-15H2,1-2H3,(H3,27,28). The zero-order valence-corrected chi connectivity index (χ0v) is 22.2. The number of carbonyl (C=O) groups excluding carboxylic acids is 2. The number of hydrogen-bond donors (Lipinski definition) is 3. The third kappa shape index (κ3) is 3.95. The number of ether oxygens (including phenoxy) is 1. The van der Waals surface area contributed by atoms with E-state index in [-0.39, 0.29) is 35.6 Å². The van der Waals surface area contributed by atoms with E-state index in [0.717, 1.165) is 28.4 Å². The van der Waals surface area contributed by atoms with Crippen LogP contribution in [0.15, 0.2) is 9.59 Å². The Hall–Kier alpha value is -3.15. The van der Waals surface area contributed by atoms with Crippen LogP contribution in [-0.2, 0) is 16.1 Å². The Kier molecular flexibility index (Phi) is 6.65. The van der Waals surface area contributed by atoms with Crippen molar-refractivity contribution in [3.63, 3.8) is 0 Å². The molecule has 1 aromatic rings. The molecule has 2 saturated carbocycles. The van der Waals surface area contributed by atoms with Gasteiger partial charge >= 0.3 is 11.7 Å². The number of hydrogen-bond acceptors (Lipinski definition) is 7. The monoisotopic (exact) mass is 530 g/mol. The van der Waals surface area contributed by atoms with Crippen molar-refractivity contribution in [2.24, 2.45) is 11.1 Å². The van der Waals surface area contributed by atoms with E-state index in [0.29, 0.717) is 58.1 Å². The van der Waals surface area contributed by atoms with E-state index in [1.54, 1.807) is 4.90 Å². The Bertz CT molecular complexity index is 1260. The average Bonchev–Trinajstić information content (AvgIpc) is 3.43. The van der Waals surface area contributed by atoms with Gasteiger partial charge in [0.2, 0.25) is 5.88 Å². The SMILES string of the molecule is CCCCn1c(O)c(C(=N)N)c(=O)n(C2CCC3(CC2)CC2(C3)C(=O)N(C)C(=O)N2CC2CCCO2)c1=O. The number of carbonyl (C=O) groups is 2. The van der Waals surface area contributed by atoms with Gasteiger partial charge in [-0.25, -0.2) is 9.59 Å². The molecular weight excluding hydrogens is 492 g/mol. The number of amides is 3. The van der Waals surface area contributed by atoms with E-state index >= 15 is 0 Å². The highest BCUT2D eigenvalue weighted by Gasteiger charge is 2.68. The lowest BCUT2D eigenvalue weighted by Gasteiger charge is -2.58. The molecule has 4 N–H and O–H groups in total. The van der Waals surface area contributed by atoms with Gasteiger partial charge in [-0.15, -0.1) is 0 Å². The summed E-state index contributed by atoms with van der Waals surface area (Å²) >= 11 is 0. The molecule has 12 nitrogen and oxygen atoms in total. The zero-order chi connectivity index (χ0) is 27.4. The van der Waals surface area contributed by atoms with E-state index < -0.39 is 34.5 Å². The summed E-state index contributed by atoms with van der Waals surface area (Å²) in [7, 11) is 1.54. The van der Waals surface area contributed by atoms with Crippen molar-refractivity contribution in [3.05, 3.63) is 26.4 Å². The van der Waals surface area contributed by atoms with Gasteiger partial charge in [-0.3, -0.25) is 29.0 Å². The Morgan fingerprint density at radius 2 is 1.84 bits per heavy atom. The van der Waals surface area contributed by atoms with Gasteiger partial charge in [-0.05, 0) is 63.2 Å². The lowest BCUT2D eigenvalue weighted by Crippen LogP contribution is -2.65. The van der Waals surface area contributed by atoms with Crippen LogP contribution < -0.4 is 17.0 Å². The molecular formula is C26H38N6O6. The maximum Gasteiger partial charge on any atom is 0.334 e. The second-order valence-electron chi connectivity index (χ2n) is 11.6. The van der Waals surface area contributed by atoms with Crippen LogP contribution in [0.4, 0.5) is 4.79 Å². The molecule has 4 fully saturated rings. The van der Waals surface area contributed by atoms with Gasteiger partial charge in [0, 0.05) is 32.8 Å². The number of urea groups is 1. The maximum absolute atomic E-state index is 13.3. The van der Waals surface area contributed by atoms with E-state index in [1.807, 2.05) is 6.92 Å². The molecule has 1 atom stereocenters. The molecule has 5 rings (SSSR count). The number of nitrogens with two attached hydrogens (primary N) is 1. The summed E-state index contributed by atoms with van der Waals surface area (Å²) in [6.45, 7) is 3.28. The van der Waals surface area contributed by atoms with Crippen LogP contribution in [0.25, 0.3) is 0 Å². The van der Waals surface area contributed by atoms with Gasteiger partial charge < -0.3 is 20.5 Å². The quantitative estimate of drug-likeness (QED) is 0.273. The number of aromatic hydroxyl groups is 1. The minimum Gasteiger partial charge on any atom is -0.494 e. The number of imide groups is 1. The minimum atomic E-state index is -0.839. The van der Waals surface area contributed by atoms with Gasteiger partial charge in [0.1, 0.15) is 16.9 Å². The van der Waals surface area contributed by atoms with Crippen molar-refractivity contribution in [1.82, 2.24) is 18.9 Å². The summed E-state index contributed by atoms with van der Waals surface area (Å²) in [5.74, 6) is -1.28. The summed E-state index contributed by atoms with van der Waals surface area (Å²) in [4.78, 5) is 55.7. The van der Waals surface area contributed by atoms with Gasteiger partial charge in [-0.2, -0.15) is 0 Å². The van der Waals surface area contributed by atoms with Gasteiger partial charge in [0.25, 0.3) is 11.5 Å². The molecule has 2 spiro atoms. The normalized spacial score (nSPS) is 31.0. The van der Waals surface area contributed by atoms with Crippen LogP contribution in [0.5, 0.6) is 5.88 Å². The first kappa shape index (κ1) is 26.5. The van der Waals surface area contributed by atoms with Gasteiger partial charge in [0.15, 0.2) is 0 Å². The largest absolute Gasteiger partial charge is 0.494 e. The van der Waals surface area contributed by atoms with Crippen LogP contribution in [0.2, 0.25) is 0 Å². The number of unbranched alkanes of at least 4 members (excludes halogenated alkanes) is 1. The fraction of sp³-hybridized carbons (Fsp3) is 0.731. The second-order valence-corrected chi connectivity index (χ2v) is 11.6. The summed E-state index contributed by atoms with van der Waals surface area (Å²) in [6.07, 6.45) is 6.84. The molecule has 12 heteroatoms. The Morgan fingerprint density at radius 1 is 1.16 bits per heavy atom. The molecule has 1 aromatic heterocycles. The predicted octanol–water partition coefficient (Wildman–Crippen LogP) is 1.51. The number of nitrogen functional groups attached to an aromatic ring is 1. The zero-order valence-electron chi connectivity index (χ0n) is 22.2. The van der Waals surface area contributed by atoms with Crippen LogP contribution >= 0.6 is 0 Å². The number of nitrogens with zero attached hydrogens (tertiary/aromatic N) is 4. The van der Waals surface area contributed by atoms with E-state index in [2.05, 4.69) is 0 Å². The van der Waals surface area contributed by atoms with Crippen LogP contribution in [-0.4, -0.2) is 73.7 Å². The van der Waals surface area contributed by atoms with Crippen LogP contribution in [0.1, 0.15) is 82.7 Å². The first-order valence-corrected chi connectivity index (χ1v) is 13.7. The van der Waals surface area contributed by atoms with Crippen molar-refractivity contribution in [1.29, 1.82) is 5.41 Å². The highest BCUT2D eigenvalue weighted by molar-refractivity contribution is 6.07. The Morgan fingerprint density at radius 3 is 2.42 bits per heavy atom. The molecule has 38 heavy (non-hydrogen) atoms. The molecule has 2 aliphatic carbocycles. The smallest absolute Gasteiger partial charge is 0.334 e. The molecule has 1 unspecified atom stereocenters. The third-order valence-electron chi connectivity index (χ3n) is 9.22. The van der Waals surface area contributed by atoms with Crippen molar-refractivity contribution >= 4 is 17.8 Å². The topological polar surface area (TPSA) is 164 Å². The number of rotatable bonds is 7. The van der Waals surface area contributed by atoms with E-state index in [9.17, 15) is 24.3 Å². The molecule has 4 aliphatic rings. The van der Waals surface area contributed by atoms with Crippen molar-refractivity contribution in [3.8, 4) is 5.88 Å². The fourth-order valence-corrected chi connectivity index (χ4v) is 7.22.